The van der Waals surface area contributed by atoms with Crippen LogP contribution in [-0.4, -0.2) is 55.3 Å². The fraction of sp³-hybridized carbons (Fsp3) is 0.529. The first-order valence-corrected chi connectivity index (χ1v) is 9.85. The number of thioether (sulfide) groups is 1. The summed E-state index contributed by atoms with van der Waals surface area (Å²) in [5, 5.41) is 4.97. The molecular formula is C17H21N5O3S. The predicted molar refractivity (Wildman–Crippen MR) is 94.7 cm³/mol. The van der Waals surface area contributed by atoms with Gasteiger partial charge in [-0.1, -0.05) is 23.8 Å². The number of nitrogens with zero attached hydrogens (tertiary/aromatic N) is 5. The highest BCUT2D eigenvalue weighted by Crippen LogP contribution is 2.25. The Bertz CT molecular complexity index is 809. The number of amides is 3. The van der Waals surface area contributed by atoms with Crippen molar-refractivity contribution >= 4 is 23.7 Å². The van der Waals surface area contributed by atoms with Crippen molar-refractivity contribution in [1.82, 2.24) is 24.5 Å². The molecule has 9 heteroatoms. The second-order valence-corrected chi connectivity index (χ2v) is 7.51. The summed E-state index contributed by atoms with van der Waals surface area (Å²) in [5.41, 5.74) is 1.81. The second kappa shape index (κ2) is 7.14. The molecule has 3 amide bonds. The molecule has 138 valence electrons. The summed E-state index contributed by atoms with van der Waals surface area (Å²) in [4.78, 5) is 32.5. The SMILES string of the molecule is CCc1cc(CN2C(=O)CCN(CCc3cn4c(n3)SCC4)C2=O)on1. The first-order valence-electron chi connectivity index (χ1n) is 8.86. The highest BCUT2D eigenvalue weighted by Gasteiger charge is 2.32. The highest BCUT2D eigenvalue weighted by molar-refractivity contribution is 7.99. The van der Waals surface area contributed by atoms with E-state index in [9.17, 15) is 9.59 Å². The summed E-state index contributed by atoms with van der Waals surface area (Å²) in [6, 6.07) is 1.53. The molecule has 0 unspecified atom stereocenters. The van der Waals surface area contributed by atoms with E-state index >= 15 is 0 Å². The van der Waals surface area contributed by atoms with Gasteiger partial charge in [0.25, 0.3) is 0 Å². The van der Waals surface area contributed by atoms with E-state index in [4.69, 9.17) is 4.52 Å². The van der Waals surface area contributed by atoms with Gasteiger partial charge in [-0.2, -0.15) is 0 Å². The number of imide groups is 1. The minimum absolute atomic E-state index is 0.135. The van der Waals surface area contributed by atoms with Gasteiger partial charge in [0.05, 0.1) is 17.9 Å². The van der Waals surface area contributed by atoms with E-state index in [1.54, 1.807) is 22.7 Å². The van der Waals surface area contributed by atoms with E-state index in [1.807, 2.05) is 6.92 Å². The number of hydrogen-bond acceptors (Lipinski definition) is 6. The third-order valence-electron chi connectivity index (χ3n) is 4.67. The average molecular weight is 375 g/mol. The molecule has 1 saturated heterocycles. The van der Waals surface area contributed by atoms with Gasteiger partial charge < -0.3 is 14.0 Å². The molecule has 2 aromatic heterocycles. The summed E-state index contributed by atoms with van der Waals surface area (Å²) < 4.78 is 7.38. The number of hydrogen-bond donors (Lipinski definition) is 0. The molecule has 0 spiro atoms. The lowest BCUT2D eigenvalue weighted by Gasteiger charge is -2.33. The fourth-order valence-corrected chi connectivity index (χ4v) is 4.15. The third kappa shape index (κ3) is 3.35. The number of rotatable bonds is 6. The molecule has 0 aromatic carbocycles. The largest absolute Gasteiger partial charge is 0.359 e. The Hall–Kier alpha value is -2.29. The van der Waals surface area contributed by atoms with Crippen molar-refractivity contribution in [2.24, 2.45) is 0 Å². The minimum atomic E-state index is -0.267. The van der Waals surface area contributed by atoms with Crippen molar-refractivity contribution in [3.63, 3.8) is 0 Å². The molecule has 2 aliphatic heterocycles. The van der Waals surface area contributed by atoms with E-state index in [0.29, 0.717) is 31.7 Å². The van der Waals surface area contributed by atoms with E-state index in [2.05, 4.69) is 20.9 Å². The normalized spacial score (nSPS) is 17.3. The van der Waals surface area contributed by atoms with Gasteiger partial charge in [-0.25, -0.2) is 9.78 Å². The standard InChI is InChI=1S/C17H21N5O3S/c1-2-12-9-14(25-19-12)11-22-15(23)4-6-20(17(22)24)5-3-13-10-21-7-8-26-16(21)18-13/h9-10H,2-8,11H2,1H3. The summed E-state index contributed by atoms with van der Waals surface area (Å²) in [7, 11) is 0. The zero-order chi connectivity index (χ0) is 18.1. The number of fused-ring (bicyclic) bond motifs is 1. The molecule has 26 heavy (non-hydrogen) atoms. The summed E-state index contributed by atoms with van der Waals surface area (Å²) in [5.74, 6) is 1.44. The average Bonchev–Trinajstić information content (AvgIpc) is 3.33. The van der Waals surface area contributed by atoms with E-state index in [-0.39, 0.29) is 18.5 Å². The van der Waals surface area contributed by atoms with Gasteiger partial charge >= 0.3 is 6.03 Å². The smallest absolute Gasteiger partial charge is 0.327 e. The van der Waals surface area contributed by atoms with Crippen molar-refractivity contribution in [2.45, 2.75) is 44.4 Å². The number of carbonyl (C=O) groups is 2. The first kappa shape index (κ1) is 17.1. The molecule has 8 nitrogen and oxygen atoms in total. The Kier molecular flexibility index (Phi) is 4.71. The summed E-state index contributed by atoms with van der Waals surface area (Å²) in [6.45, 7) is 4.11. The van der Waals surface area contributed by atoms with Gasteiger partial charge in [0, 0.05) is 50.5 Å². The Balaban J connectivity index is 1.38. The van der Waals surface area contributed by atoms with Crippen LogP contribution in [0.2, 0.25) is 0 Å². The fourth-order valence-electron chi connectivity index (χ4n) is 3.19. The maximum atomic E-state index is 12.7. The van der Waals surface area contributed by atoms with Gasteiger partial charge in [0.1, 0.15) is 0 Å². The van der Waals surface area contributed by atoms with Crippen molar-refractivity contribution in [3.05, 3.63) is 29.4 Å². The second-order valence-electron chi connectivity index (χ2n) is 6.44. The lowest BCUT2D eigenvalue weighted by Crippen LogP contribution is -2.52. The van der Waals surface area contributed by atoms with Crippen LogP contribution in [0.1, 0.15) is 30.5 Å². The lowest BCUT2D eigenvalue weighted by molar-refractivity contribution is -0.131. The molecule has 2 aromatic rings. The van der Waals surface area contributed by atoms with Crippen molar-refractivity contribution in [2.75, 3.05) is 18.8 Å². The van der Waals surface area contributed by atoms with Crippen LogP contribution in [0, 0.1) is 0 Å². The number of imidazole rings is 1. The quantitative estimate of drug-likeness (QED) is 0.767. The van der Waals surface area contributed by atoms with Crippen molar-refractivity contribution < 1.29 is 14.1 Å². The molecule has 1 fully saturated rings. The summed E-state index contributed by atoms with van der Waals surface area (Å²) >= 11 is 1.76. The van der Waals surface area contributed by atoms with Crippen LogP contribution in [0.15, 0.2) is 21.9 Å². The van der Waals surface area contributed by atoms with E-state index in [0.717, 1.165) is 35.3 Å². The van der Waals surface area contributed by atoms with Gasteiger partial charge in [-0.3, -0.25) is 9.69 Å². The van der Waals surface area contributed by atoms with Gasteiger partial charge in [0.15, 0.2) is 10.9 Å². The van der Waals surface area contributed by atoms with Gasteiger partial charge in [-0.15, -0.1) is 0 Å². The maximum Gasteiger partial charge on any atom is 0.327 e. The molecule has 0 radical (unpaired) electrons. The number of urea groups is 1. The molecule has 0 N–H and O–H groups in total. The van der Waals surface area contributed by atoms with Crippen LogP contribution >= 0.6 is 11.8 Å². The molecule has 4 heterocycles. The van der Waals surface area contributed by atoms with Crippen molar-refractivity contribution in [3.8, 4) is 0 Å². The number of carbonyl (C=O) groups excluding carboxylic acids is 2. The van der Waals surface area contributed by atoms with Crippen LogP contribution in [0.5, 0.6) is 0 Å². The molecule has 0 aliphatic carbocycles. The zero-order valence-electron chi connectivity index (χ0n) is 14.7. The molecule has 0 saturated carbocycles. The lowest BCUT2D eigenvalue weighted by atomic mass is 10.2. The Morgan fingerprint density at radius 1 is 1.27 bits per heavy atom. The van der Waals surface area contributed by atoms with Gasteiger partial charge in [0.2, 0.25) is 5.91 Å². The van der Waals surface area contributed by atoms with Gasteiger partial charge in [-0.05, 0) is 6.42 Å². The summed E-state index contributed by atoms with van der Waals surface area (Å²) in [6.07, 6.45) is 3.84. The first-order chi connectivity index (χ1) is 12.6. The Labute approximate surface area is 155 Å². The van der Waals surface area contributed by atoms with E-state index in [1.165, 1.54) is 4.90 Å². The van der Waals surface area contributed by atoms with Crippen LogP contribution in [-0.2, 0) is 30.7 Å². The maximum absolute atomic E-state index is 12.7. The molecule has 0 atom stereocenters. The predicted octanol–water partition coefficient (Wildman–Crippen LogP) is 1.94. The number of aryl methyl sites for hydroxylation is 2. The van der Waals surface area contributed by atoms with Crippen LogP contribution in [0.4, 0.5) is 4.79 Å². The van der Waals surface area contributed by atoms with Crippen LogP contribution < -0.4 is 0 Å². The third-order valence-corrected chi connectivity index (χ3v) is 5.64. The monoisotopic (exact) mass is 375 g/mol. The zero-order valence-corrected chi connectivity index (χ0v) is 15.5. The van der Waals surface area contributed by atoms with Crippen LogP contribution in [0.3, 0.4) is 0 Å². The molecular weight excluding hydrogens is 354 g/mol. The van der Waals surface area contributed by atoms with E-state index < -0.39 is 0 Å². The molecule has 4 rings (SSSR count). The van der Waals surface area contributed by atoms with Crippen molar-refractivity contribution in [1.29, 1.82) is 0 Å². The Morgan fingerprint density at radius 2 is 2.15 bits per heavy atom. The Morgan fingerprint density at radius 3 is 2.92 bits per heavy atom. The number of aromatic nitrogens is 3. The van der Waals surface area contributed by atoms with Crippen LogP contribution in [0.25, 0.3) is 0 Å². The molecule has 0 bridgehead atoms. The topological polar surface area (TPSA) is 84.5 Å². The minimum Gasteiger partial charge on any atom is -0.359 e. The molecule has 2 aliphatic rings. The highest BCUT2D eigenvalue weighted by atomic mass is 32.2.